The van der Waals surface area contributed by atoms with Gasteiger partial charge in [0, 0.05) is 17.2 Å². The van der Waals surface area contributed by atoms with Gasteiger partial charge in [-0.05, 0) is 24.3 Å². The van der Waals surface area contributed by atoms with Gasteiger partial charge in [-0.3, -0.25) is 4.79 Å². The largest absolute Gasteiger partial charge is 0.496 e. The molecule has 1 aliphatic heterocycles. The number of fused-ring (bicyclic) bond motifs is 1. The standard InChI is InChI=1S/C16H12Cl2N2O4/c1-22-13-6-15-14(23-8-24-15)5-10(13)7-19-20-16(21)9-2-3-11(17)12(18)4-9/h2-7H,8H2,1H3,(H,20,21)/b19-7+. The summed E-state index contributed by atoms with van der Waals surface area (Å²) < 4.78 is 15.9. The number of rotatable bonds is 4. The van der Waals surface area contributed by atoms with Crippen LogP contribution in [0.3, 0.4) is 0 Å². The summed E-state index contributed by atoms with van der Waals surface area (Å²) in [5.41, 5.74) is 3.40. The van der Waals surface area contributed by atoms with Gasteiger partial charge in [-0.2, -0.15) is 5.10 Å². The van der Waals surface area contributed by atoms with E-state index in [1.165, 1.54) is 19.4 Å². The third-order valence-corrected chi connectivity index (χ3v) is 4.02. The maximum Gasteiger partial charge on any atom is 0.271 e. The molecule has 0 spiro atoms. The fourth-order valence-electron chi connectivity index (χ4n) is 2.08. The number of ether oxygens (including phenoxy) is 3. The smallest absolute Gasteiger partial charge is 0.271 e. The number of halogens is 2. The highest BCUT2D eigenvalue weighted by molar-refractivity contribution is 6.42. The number of carbonyl (C=O) groups excluding carboxylic acids is 1. The lowest BCUT2D eigenvalue weighted by Crippen LogP contribution is -2.17. The highest BCUT2D eigenvalue weighted by Gasteiger charge is 2.17. The highest BCUT2D eigenvalue weighted by Crippen LogP contribution is 2.37. The lowest BCUT2D eigenvalue weighted by Gasteiger charge is -2.06. The molecule has 0 aliphatic carbocycles. The van der Waals surface area contributed by atoms with Crippen molar-refractivity contribution in [2.45, 2.75) is 0 Å². The second-order valence-electron chi connectivity index (χ2n) is 4.78. The number of nitrogens with zero attached hydrogens (tertiary/aromatic N) is 1. The Kier molecular flexibility index (Phi) is 4.78. The first kappa shape index (κ1) is 16.4. The normalized spacial score (nSPS) is 12.5. The molecule has 6 nitrogen and oxygen atoms in total. The third-order valence-electron chi connectivity index (χ3n) is 3.28. The van der Waals surface area contributed by atoms with Crippen LogP contribution in [-0.4, -0.2) is 26.0 Å². The first-order valence-corrected chi connectivity index (χ1v) is 7.60. The fraction of sp³-hybridized carbons (Fsp3) is 0.125. The van der Waals surface area contributed by atoms with E-state index in [1.54, 1.807) is 24.3 Å². The quantitative estimate of drug-likeness (QED) is 0.664. The minimum Gasteiger partial charge on any atom is -0.496 e. The molecule has 2 aromatic rings. The number of carbonyl (C=O) groups is 1. The Labute approximate surface area is 147 Å². The zero-order valence-corrected chi connectivity index (χ0v) is 14.0. The summed E-state index contributed by atoms with van der Waals surface area (Å²) in [5.74, 6) is 1.33. The van der Waals surface area contributed by atoms with Gasteiger partial charge < -0.3 is 14.2 Å². The summed E-state index contributed by atoms with van der Waals surface area (Å²) in [6, 6.07) is 7.99. The summed E-state index contributed by atoms with van der Waals surface area (Å²) in [4.78, 5) is 12.0. The van der Waals surface area contributed by atoms with Crippen LogP contribution in [-0.2, 0) is 0 Å². The van der Waals surface area contributed by atoms with Crippen molar-refractivity contribution in [1.82, 2.24) is 5.43 Å². The highest BCUT2D eigenvalue weighted by atomic mass is 35.5. The Morgan fingerprint density at radius 2 is 1.96 bits per heavy atom. The van der Waals surface area contributed by atoms with Gasteiger partial charge in [0.05, 0.1) is 23.4 Å². The van der Waals surface area contributed by atoms with E-state index < -0.39 is 5.91 Å². The molecule has 2 aromatic carbocycles. The molecule has 0 aromatic heterocycles. The number of hydrogen-bond donors (Lipinski definition) is 1. The molecular weight excluding hydrogens is 355 g/mol. The lowest BCUT2D eigenvalue weighted by atomic mass is 10.2. The number of benzene rings is 2. The Bertz CT molecular complexity index is 824. The molecular formula is C16H12Cl2N2O4. The molecule has 1 amide bonds. The number of nitrogens with one attached hydrogen (secondary N) is 1. The average Bonchev–Trinajstić information content (AvgIpc) is 3.03. The lowest BCUT2D eigenvalue weighted by molar-refractivity contribution is 0.0955. The molecule has 3 rings (SSSR count). The van der Waals surface area contributed by atoms with E-state index in [-0.39, 0.29) is 6.79 Å². The second kappa shape index (κ2) is 6.98. The van der Waals surface area contributed by atoms with E-state index in [0.29, 0.717) is 38.4 Å². The van der Waals surface area contributed by atoms with Gasteiger partial charge in [0.15, 0.2) is 11.5 Å². The first-order chi connectivity index (χ1) is 11.6. The Morgan fingerprint density at radius 3 is 2.67 bits per heavy atom. The van der Waals surface area contributed by atoms with E-state index in [1.807, 2.05) is 0 Å². The minimum absolute atomic E-state index is 0.160. The molecule has 1 heterocycles. The van der Waals surface area contributed by atoms with Crippen molar-refractivity contribution >= 4 is 35.3 Å². The van der Waals surface area contributed by atoms with Crippen LogP contribution in [0, 0.1) is 0 Å². The van der Waals surface area contributed by atoms with Crippen LogP contribution >= 0.6 is 23.2 Å². The second-order valence-corrected chi connectivity index (χ2v) is 5.59. The van der Waals surface area contributed by atoms with Crippen molar-refractivity contribution in [3.05, 3.63) is 51.5 Å². The number of hydrogen-bond acceptors (Lipinski definition) is 5. The molecule has 0 fully saturated rings. The average molecular weight is 367 g/mol. The van der Waals surface area contributed by atoms with Crippen molar-refractivity contribution in [2.24, 2.45) is 5.10 Å². The van der Waals surface area contributed by atoms with Gasteiger partial charge >= 0.3 is 0 Å². The first-order valence-electron chi connectivity index (χ1n) is 6.84. The van der Waals surface area contributed by atoms with Gasteiger partial charge in [0.25, 0.3) is 5.91 Å². The number of hydrazone groups is 1. The van der Waals surface area contributed by atoms with Crippen molar-refractivity contribution in [3.63, 3.8) is 0 Å². The molecule has 0 saturated heterocycles. The topological polar surface area (TPSA) is 69.2 Å². The summed E-state index contributed by atoms with van der Waals surface area (Å²) >= 11 is 11.7. The van der Waals surface area contributed by atoms with Crippen LogP contribution < -0.4 is 19.6 Å². The van der Waals surface area contributed by atoms with Crippen molar-refractivity contribution in [3.8, 4) is 17.2 Å². The summed E-state index contributed by atoms with van der Waals surface area (Å²) in [6.07, 6.45) is 1.45. The predicted molar refractivity (Wildman–Crippen MR) is 90.6 cm³/mol. The van der Waals surface area contributed by atoms with Crippen LogP contribution in [0.1, 0.15) is 15.9 Å². The maximum atomic E-state index is 12.0. The third kappa shape index (κ3) is 3.39. The molecule has 24 heavy (non-hydrogen) atoms. The molecule has 0 radical (unpaired) electrons. The van der Waals surface area contributed by atoms with E-state index >= 15 is 0 Å². The molecule has 0 saturated carbocycles. The van der Waals surface area contributed by atoms with Crippen LogP contribution in [0.25, 0.3) is 0 Å². The van der Waals surface area contributed by atoms with E-state index in [9.17, 15) is 4.79 Å². The van der Waals surface area contributed by atoms with Crippen molar-refractivity contribution in [1.29, 1.82) is 0 Å². The Morgan fingerprint density at radius 1 is 1.21 bits per heavy atom. The van der Waals surface area contributed by atoms with Gasteiger partial charge in [-0.15, -0.1) is 0 Å². The molecule has 1 N–H and O–H groups in total. The molecule has 0 atom stereocenters. The van der Waals surface area contributed by atoms with Crippen LogP contribution in [0.4, 0.5) is 0 Å². The fourth-order valence-corrected chi connectivity index (χ4v) is 2.38. The van der Waals surface area contributed by atoms with Crippen molar-refractivity contribution in [2.75, 3.05) is 13.9 Å². The van der Waals surface area contributed by atoms with Gasteiger partial charge in [0.2, 0.25) is 6.79 Å². The molecule has 1 aliphatic rings. The van der Waals surface area contributed by atoms with Gasteiger partial charge in [-0.1, -0.05) is 23.2 Å². The Hall–Kier alpha value is -2.44. The Balaban J connectivity index is 1.74. The van der Waals surface area contributed by atoms with Crippen LogP contribution in [0.5, 0.6) is 17.2 Å². The molecule has 0 bridgehead atoms. The summed E-state index contributed by atoms with van der Waals surface area (Å²) in [6.45, 7) is 0.160. The molecule has 124 valence electrons. The van der Waals surface area contributed by atoms with Crippen LogP contribution in [0.2, 0.25) is 10.0 Å². The van der Waals surface area contributed by atoms with Crippen LogP contribution in [0.15, 0.2) is 35.4 Å². The van der Waals surface area contributed by atoms with Crippen molar-refractivity contribution < 1.29 is 19.0 Å². The van der Waals surface area contributed by atoms with Gasteiger partial charge in [-0.25, -0.2) is 5.43 Å². The van der Waals surface area contributed by atoms with E-state index in [4.69, 9.17) is 37.4 Å². The molecule has 0 unspecified atom stereocenters. The monoisotopic (exact) mass is 366 g/mol. The number of methoxy groups -OCH3 is 1. The maximum absolute atomic E-state index is 12.0. The predicted octanol–water partition coefficient (Wildman–Crippen LogP) is 3.49. The number of amides is 1. The van der Waals surface area contributed by atoms with Gasteiger partial charge in [0.1, 0.15) is 5.75 Å². The summed E-state index contributed by atoms with van der Waals surface area (Å²) in [7, 11) is 1.53. The minimum atomic E-state index is -0.412. The SMILES string of the molecule is COc1cc2c(cc1/C=N/NC(=O)c1ccc(Cl)c(Cl)c1)OCO2. The van der Waals surface area contributed by atoms with E-state index in [0.717, 1.165) is 0 Å². The molecule has 8 heteroatoms. The zero-order valence-electron chi connectivity index (χ0n) is 12.5. The zero-order chi connectivity index (χ0) is 17.1. The van der Waals surface area contributed by atoms with E-state index in [2.05, 4.69) is 10.5 Å². The summed E-state index contributed by atoms with van der Waals surface area (Å²) in [5, 5.41) is 4.60.